The number of aryl methyl sites for hydroxylation is 1. The first-order chi connectivity index (χ1) is 10.0. The average Bonchev–Trinajstić information content (AvgIpc) is 2.83. The van der Waals surface area contributed by atoms with Crippen LogP contribution in [0.25, 0.3) is 11.0 Å². The highest BCUT2D eigenvalue weighted by Crippen LogP contribution is 2.41. The van der Waals surface area contributed by atoms with Crippen molar-refractivity contribution in [2.75, 3.05) is 0 Å². The second-order valence-corrected chi connectivity index (χ2v) is 7.39. The Morgan fingerprint density at radius 1 is 1.29 bits per heavy atom. The minimum Gasteiger partial charge on any atom is -0.323 e. The molecule has 4 atom stereocenters. The fraction of sp³-hybridized carbons (Fsp3) is 0.611. The van der Waals surface area contributed by atoms with Crippen molar-refractivity contribution in [1.82, 2.24) is 9.55 Å². The molecule has 0 spiro atoms. The number of para-hydroxylation sites is 1. The van der Waals surface area contributed by atoms with Crippen LogP contribution in [0.5, 0.6) is 0 Å². The van der Waals surface area contributed by atoms with E-state index in [1.807, 2.05) is 6.92 Å². The molecule has 0 aliphatic heterocycles. The van der Waals surface area contributed by atoms with Gasteiger partial charge in [-0.1, -0.05) is 38.8 Å². The van der Waals surface area contributed by atoms with Gasteiger partial charge in [-0.05, 0) is 43.7 Å². The van der Waals surface area contributed by atoms with Crippen LogP contribution in [0.2, 0.25) is 0 Å². The lowest BCUT2D eigenvalue weighted by Crippen LogP contribution is -2.28. The molecule has 2 nitrogen and oxygen atoms in total. The van der Waals surface area contributed by atoms with Gasteiger partial charge in [0.1, 0.15) is 5.82 Å². The molecule has 0 radical (unpaired) electrons. The predicted molar refractivity (Wildman–Crippen MR) is 90.0 cm³/mol. The molecule has 2 aromatic rings. The number of halogens is 1. The molecular weight excluding hydrogens is 280 g/mol. The molecule has 0 saturated heterocycles. The Morgan fingerprint density at radius 2 is 2.05 bits per heavy atom. The number of rotatable bonds is 2. The molecule has 114 valence electrons. The Hall–Kier alpha value is -1.02. The first kappa shape index (κ1) is 14.9. The molecule has 0 amide bonds. The zero-order valence-corrected chi connectivity index (χ0v) is 14.2. The Morgan fingerprint density at radius 3 is 2.76 bits per heavy atom. The second-order valence-electron chi connectivity index (χ2n) is 6.73. The predicted octanol–water partition coefficient (Wildman–Crippen LogP) is 5.64. The van der Waals surface area contributed by atoms with E-state index in [0.717, 1.165) is 17.3 Å². The fourth-order valence-electron chi connectivity index (χ4n) is 3.82. The highest BCUT2D eigenvalue weighted by atomic mass is 35.5. The maximum atomic E-state index is 6.45. The largest absolute Gasteiger partial charge is 0.323 e. The number of benzene rings is 1. The average molecular weight is 305 g/mol. The highest BCUT2D eigenvalue weighted by Gasteiger charge is 2.31. The Kier molecular flexibility index (Phi) is 4.00. The van der Waals surface area contributed by atoms with Crippen molar-refractivity contribution in [3.63, 3.8) is 0 Å². The van der Waals surface area contributed by atoms with Gasteiger partial charge in [-0.3, -0.25) is 0 Å². The van der Waals surface area contributed by atoms with Gasteiger partial charge in [-0.25, -0.2) is 4.98 Å². The Balaban J connectivity index is 2.20. The van der Waals surface area contributed by atoms with Crippen LogP contribution in [-0.2, 0) is 0 Å². The van der Waals surface area contributed by atoms with Gasteiger partial charge in [0.2, 0.25) is 0 Å². The molecule has 3 rings (SSSR count). The number of hydrogen-bond acceptors (Lipinski definition) is 1. The lowest BCUT2D eigenvalue weighted by Gasteiger charge is -2.36. The minimum atomic E-state index is -0.0544. The number of aromatic nitrogens is 2. The molecule has 1 aromatic heterocycles. The van der Waals surface area contributed by atoms with Crippen LogP contribution in [0.4, 0.5) is 0 Å². The lowest BCUT2D eigenvalue weighted by molar-refractivity contribution is 0.186. The monoisotopic (exact) mass is 304 g/mol. The lowest BCUT2D eigenvalue weighted by atomic mass is 9.77. The van der Waals surface area contributed by atoms with Crippen LogP contribution in [-0.4, -0.2) is 9.55 Å². The van der Waals surface area contributed by atoms with Crippen LogP contribution in [0.1, 0.15) is 62.8 Å². The van der Waals surface area contributed by atoms with Gasteiger partial charge in [0.25, 0.3) is 0 Å². The summed E-state index contributed by atoms with van der Waals surface area (Å²) in [4.78, 5) is 4.88. The number of alkyl halides is 1. The van der Waals surface area contributed by atoms with E-state index < -0.39 is 0 Å². The third-order valence-corrected chi connectivity index (χ3v) is 5.50. The van der Waals surface area contributed by atoms with E-state index in [1.165, 1.54) is 30.3 Å². The maximum absolute atomic E-state index is 6.45. The Bertz CT molecular complexity index is 644. The van der Waals surface area contributed by atoms with Gasteiger partial charge in [0.05, 0.1) is 16.4 Å². The van der Waals surface area contributed by atoms with Crippen molar-refractivity contribution in [3.8, 4) is 0 Å². The van der Waals surface area contributed by atoms with E-state index in [9.17, 15) is 0 Å². The van der Waals surface area contributed by atoms with E-state index >= 15 is 0 Å². The van der Waals surface area contributed by atoms with Crippen molar-refractivity contribution >= 4 is 22.6 Å². The maximum Gasteiger partial charge on any atom is 0.127 e. The summed E-state index contributed by atoms with van der Waals surface area (Å²) in [6.45, 7) is 8.94. The number of hydrogen-bond donors (Lipinski definition) is 0. The van der Waals surface area contributed by atoms with Gasteiger partial charge in [-0.2, -0.15) is 0 Å². The third kappa shape index (κ3) is 2.48. The van der Waals surface area contributed by atoms with Crippen molar-refractivity contribution in [1.29, 1.82) is 0 Å². The summed E-state index contributed by atoms with van der Waals surface area (Å²) in [7, 11) is 0. The molecule has 1 aromatic carbocycles. The molecule has 0 N–H and O–H groups in total. The van der Waals surface area contributed by atoms with Crippen molar-refractivity contribution in [2.24, 2.45) is 11.8 Å². The second kappa shape index (κ2) is 5.64. The van der Waals surface area contributed by atoms with Gasteiger partial charge < -0.3 is 4.57 Å². The standard InChI is InChI=1S/C18H25ClN2/c1-11-7-5-9-15(13(11)3)21-16-10-6-8-12(2)17(16)20-18(21)14(4)19/h6,8,10-11,13-15H,5,7,9H2,1-4H3. The third-order valence-electron chi connectivity index (χ3n) is 5.30. The van der Waals surface area contributed by atoms with Crippen molar-refractivity contribution in [3.05, 3.63) is 29.6 Å². The van der Waals surface area contributed by atoms with Crippen LogP contribution in [0, 0.1) is 18.8 Å². The molecule has 21 heavy (non-hydrogen) atoms. The van der Waals surface area contributed by atoms with E-state index in [4.69, 9.17) is 16.6 Å². The van der Waals surface area contributed by atoms with Gasteiger partial charge in [0.15, 0.2) is 0 Å². The molecule has 1 heterocycles. The molecule has 1 aliphatic carbocycles. The molecule has 1 fully saturated rings. The minimum absolute atomic E-state index is 0.0544. The van der Waals surface area contributed by atoms with Crippen LogP contribution in [0.15, 0.2) is 18.2 Å². The summed E-state index contributed by atoms with van der Waals surface area (Å²) < 4.78 is 2.44. The Labute approximate surface area is 132 Å². The zero-order chi connectivity index (χ0) is 15.1. The summed E-state index contributed by atoms with van der Waals surface area (Å²) in [6, 6.07) is 6.99. The van der Waals surface area contributed by atoms with Crippen LogP contribution in [0.3, 0.4) is 0 Å². The topological polar surface area (TPSA) is 17.8 Å². The molecular formula is C18H25ClN2. The summed E-state index contributed by atoms with van der Waals surface area (Å²) in [5.74, 6) is 2.47. The summed E-state index contributed by atoms with van der Waals surface area (Å²) in [5.41, 5.74) is 3.61. The smallest absolute Gasteiger partial charge is 0.127 e. The van der Waals surface area contributed by atoms with Gasteiger partial charge in [-0.15, -0.1) is 11.6 Å². The van der Waals surface area contributed by atoms with E-state index in [2.05, 4.69) is 43.5 Å². The zero-order valence-electron chi connectivity index (χ0n) is 13.4. The van der Waals surface area contributed by atoms with E-state index in [1.54, 1.807) is 0 Å². The van der Waals surface area contributed by atoms with Crippen LogP contribution < -0.4 is 0 Å². The summed E-state index contributed by atoms with van der Waals surface area (Å²) in [5, 5.41) is -0.0544. The molecule has 1 aliphatic rings. The summed E-state index contributed by atoms with van der Waals surface area (Å²) >= 11 is 6.45. The summed E-state index contributed by atoms with van der Waals surface area (Å²) in [6.07, 6.45) is 3.88. The van der Waals surface area contributed by atoms with E-state index in [0.29, 0.717) is 12.0 Å². The van der Waals surface area contributed by atoms with E-state index in [-0.39, 0.29) is 5.38 Å². The van der Waals surface area contributed by atoms with Gasteiger partial charge >= 0.3 is 0 Å². The first-order valence-corrected chi connectivity index (χ1v) is 8.56. The normalized spacial score (nSPS) is 28.0. The number of nitrogens with zero attached hydrogens (tertiary/aromatic N) is 2. The number of imidazole rings is 1. The molecule has 1 saturated carbocycles. The molecule has 4 unspecified atom stereocenters. The SMILES string of the molecule is Cc1cccc2c1nc(C(C)Cl)n2C1CCCC(C)C1C. The highest BCUT2D eigenvalue weighted by molar-refractivity contribution is 6.20. The van der Waals surface area contributed by atoms with Crippen molar-refractivity contribution < 1.29 is 0 Å². The fourth-order valence-corrected chi connectivity index (χ4v) is 3.98. The first-order valence-electron chi connectivity index (χ1n) is 8.12. The number of fused-ring (bicyclic) bond motifs is 1. The quantitative estimate of drug-likeness (QED) is 0.656. The van der Waals surface area contributed by atoms with Gasteiger partial charge in [0, 0.05) is 6.04 Å². The molecule has 0 bridgehead atoms. The van der Waals surface area contributed by atoms with Crippen LogP contribution >= 0.6 is 11.6 Å². The van der Waals surface area contributed by atoms with Crippen molar-refractivity contribution in [2.45, 2.75) is 58.4 Å². The molecule has 3 heteroatoms.